The number of aliphatic hydroxyl groups excluding tert-OH is 1. The van der Waals surface area contributed by atoms with Crippen LogP contribution in [0.1, 0.15) is 24.0 Å². The highest BCUT2D eigenvalue weighted by Crippen LogP contribution is 2.05. The molecule has 80 valence electrons. The summed E-state index contributed by atoms with van der Waals surface area (Å²) in [6.07, 6.45) is 2.99. The number of rotatable bonds is 2. The molecule has 1 heteroatoms. The van der Waals surface area contributed by atoms with Crippen molar-refractivity contribution in [3.8, 4) is 23.7 Å². The van der Waals surface area contributed by atoms with Crippen LogP contribution in [-0.2, 0) is 0 Å². The summed E-state index contributed by atoms with van der Waals surface area (Å²) in [6.45, 7) is 3.74. The van der Waals surface area contributed by atoms with Crippen molar-refractivity contribution >= 4 is 0 Å². The van der Waals surface area contributed by atoms with E-state index in [4.69, 9.17) is 5.11 Å². The fraction of sp³-hybridized carbons (Fsp3) is 0.200. The summed E-state index contributed by atoms with van der Waals surface area (Å²) in [5.74, 6) is 11.9. The number of aliphatic hydroxyl groups is 1. The molecule has 0 heterocycles. The van der Waals surface area contributed by atoms with Gasteiger partial charge >= 0.3 is 0 Å². The smallest absolute Gasteiger partial charge is 0.0440 e. The van der Waals surface area contributed by atoms with Crippen molar-refractivity contribution in [1.82, 2.24) is 0 Å². The number of hydrogen-bond donors (Lipinski definition) is 1. The Morgan fingerprint density at radius 3 is 2.50 bits per heavy atom. The molecule has 0 amide bonds. The molecule has 0 bridgehead atoms. The first-order chi connectivity index (χ1) is 7.88. The average Bonchev–Trinajstić information content (AvgIpc) is 2.33. The summed E-state index contributed by atoms with van der Waals surface area (Å²) >= 11 is 0. The van der Waals surface area contributed by atoms with Gasteiger partial charge in [0.15, 0.2) is 0 Å². The number of allylic oxidation sites excluding steroid dienone is 1. The van der Waals surface area contributed by atoms with Crippen molar-refractivity contribution < 1.29 is 5.11 Å². The van der Waals surface area contributed by atoms with Gasteiger partial charge in [-0.15, -0.1) is 0 Å². The first kappa shape index (κ1) is 12.1. The molecule has 1 aromatic rings. The lowest BCUT2D eigenvalue weighted by molar-refractivity contribution is 0.290. The third-order valence-electron chi connectivity index (χ3n) is 1.92. The van der Waals surface area contributed by atoms with Crippen LogP contribution in [0.25, 0.3) is 0 Å². The molecular formula is C15H14O. The van der Waals surface area contributed by atoms with Crippen LogP contribution in [0.4, 0.5) is 0 Å². The predicted molar refractivity (Wildman–Crippen MR) is 66.7 cm³/mol. The second-order valence-electron chi connectivity index (χ2n) is 3.15. The SMILES string of the molecule is C=CC#Cc1ccccc1C#CCCCO. The molecule has 0 saturated heterocycles. The summed E-state index contributed by atoms with van der Waals surface area (Å²) < 4.78 is 0. The van der Waals surface area contributed by atoms with Gasteiger partial charge < -0.3 is 5.11 Å². The van der Waals surface area contributed by atoms with Crippen molar-refractivity contribution in [1.29, 1.82) is 0 Å². The van der Waals surface area contributed by atoms with E-state index >= 15 is 0 Å². The van der Waals surface area contributed by atoms with E-state index in [0.717, 1.165) is 11.1 Å². The minimum atomic E-state index is 0.187. The second-order valence-corrected chi connectivity index (χ2v) is 3.15. The van der Waals surface area contributed by atoms with Crippen molar-refractivity contribution in [3.63, 3.8) is 0 Å². The van der Waals surface area contributed by atoms with Crippen LogP contribution >= 0.6 is 0 Å². The highest BCUT2D eigenvalue weighted by Gasteiger charge is 1.93. The Labute approximate surface area is 96.8 Å². The van der Waals surface area contributed by atoms with Gasteiger partial charge in [0, 0.05) is 24.2 Å². The summed E-state index contributed by atoms with van der Waals surface area (Å²) in [7, 11) is 0. The minimum Gasteiger partial charge on any atom is -0.396 e. The van der Waals surface area contributed by atoms with E-state index in [0.29, 0.717) is 12.8 Å². The molecule has 0 aliphatic rings. The van der Waals surface area contributed by atoms with Crippen LogP contribution in [0.3, 0.4) is 0 Å². The molecule has 0 aromatic heterocycles. The van der Waals surface area contributed by atoms with Crippen LogP contribution in [0.15, 0.2) is 36.9 Å². The standard InChI is InChI=1S/C15H14O/c1-2-3-9-14-11-6-7-12-15(14)10-5-4-8-13-16/h2,6-7,11-12,16H,1,4,8,13H2. The zero-order valence-electron chi connectivity index (χ0n) is 9.16. The van der Waals surface area contributed by atoms with Crippen LogP contribution in [0.5, 0.6) is 0 Å². The third kappa shape index (κ3) is 4.05. The molecule has 16 heavy (non-hydrogen) atoms. The lowest BCUT2D eigenvalue weighted by Crippen LogP contribution is -1.83. The second kappa shape index (κ2) is 7.35. The molecular weight excluding hydrogens is 196 g/mol. The van der Waals surface area contributed by atoms with Crippen LogP contribution in [0, 0.1) is 23.7 Å². The maximum atomic E-state index is 8.63. The fourth-order valence-corrected chi connectivity index (χ4v) is 1.16. The quantitative estimate of drug-likeness (QED) is 0.587. The maximum absolute atomic E-state index is 8.63. The lowest BCUT2D eigenvalue weighted by atomic mass is 10.1. The summed E-state index contributed by atoms with van der Waals surface area (Å²) in [5.41, 5.74) is 1.84. The van der Waals surface area contributed by atoms with Gasteiger partial charge in [0.1, 0.15) is 0 Å². The highest BCUT2D eigenvalue weighted by molar-refractivity contribution is 5.50. The van der Waals surface area contributed by atoms with Gasteiger partial charge in [0.25, 0.3) is 0 Å². The Hall–Kier alpha value is -1.96. The van der Waals surface area contributed by atoms with E-state index in [1.165, 1.54) is 0 Å². The van der Waals surface area contributed by atoms with E-state index in [1.54, 1.807) is 6.08 Å². The largest absolute Gasteiger partial charge is 0.396 e. The van der Waals surface area contributed by atoms with Crippen molar-refractivity contribution in [2.24, 2.45) is 0 Å². The Bertz CT molecular complexity index is 463. The molecule has 0 atom stereocenters. The molecule has 0 radical (unpaired) electrons. The van der Waals surface area contributed by atoms with E-state index in [1.807, 2.05) is 24.3 Å². The number of unbranched alkanes of at least 4 members (excludes halogenated alkanes) is 1. The van der Waals surface area contributed by atoms with Crippen LogP contribution in [-0.4, -0.2) is 11.7 Å². The Balaban J connectivity index is 2.85. The van der Waals surface area contributed by atoms with Crippen molar-refractivity contribution in [3.05, 3.63) is 48.0 Å². The molecule has 1 rings (SSSR count). The molecule has 0 saturated carbocycles. The molecule has 0 fully saturated rings. The van der Waals surface area contributed by atoms with Gasteiger partial charge in [-0.05, 0) is 24.6 Å². The van der Waals surface area contributed by atoms with Gasteiger partial charge in [0.2, 0.25) is 0 Å². The van der Waals surface area contributed by atoms with Gasteiger partial charge in [-0.1, -0.05) is 42.4 Å². The van der Waals surface area contributed by atoms with E-state index in [9.17, 15) is 0 Å². The van der Waals surface area contributed by atoms with E-state index in [2.05, 4.69) is 30.3 Å². The first-order valence-electron chi connectivity index (χ1n) is 5.19. The monoisotopic (exact) mass is 210 g/mol. The number of hydrogen-bond acceptors (Lipinski definition) is 1. The van der Waals surface area contributed by atoms with Gasteiger partial charge in [-0.2, -0.15) is 0 Å². The Morgan fingerprint density at radius 1 is 1.19 bits per heavy atom. The zero-order chi connectivity index (χ0) is 11.6. The maximum Gasteiger partial charge on any atom is 0.0440 e. The topological polar surface area (TPSA) is 20.2 Å². The predicted octanol–water partition coefficient (Wildman–Crippen LogP) is 2.35. The van der Waals surface area contributed by atoms with Gasteiger partial charge in [-0.3, -0.25) is 0 Å². The summed E-state index contributed by atoms with van der Waals surface area (Å²) in [5, 5.41) is 8.63. The van der Waals surface area contributed by atoms with Crippen molar-refractivity contribution in [2.75, 3.05) is 6.61 Å². The Morgan fingerprint density at radius 2 is 1.88 bits per heavy atom. The molecule has 0 spiro atoms. The van der Waals surface area contributed by atoms with Crippen LogP contribution in [0.2, 0.25) is 0 Å². The minimum absolute atomic E-state index is 0.187. The fourth-order valence-electron chi connectivity index (χ4n) is 1.16. The van der Waals surface area contributed by atoms with Gasteiger partial charge in [0.05, 0.1) is 0 Å². The molecule has 0 aliphatic heterocycles. The normalized spacial score (nSPS) is 8.31. The first-order valence-corrected chi connectivity index (χ1v) is 5.19. The highest BCUT2D eigenvalue weighted by atomic mass is 16.2. The van der Waals surface area contributed by atoms with Crippen LogP contribution < -0.4 is 0 Å². The average molecular weight is 210 g/mol. The lowest BCUT2D eigenvalue weighted by Gasteiger charge is -1.94. The Kier molecular flexibility index (Phi) is 5.56. The molecule has 1 nitrogen and oxygen atoms in total. The van der Waals surface area contributed by atoms with Gasteiger partial charge in [-0.25, -0.2) is 0 Å². The number of benzene rings is 1. The zero-order valence-corrected chi connectivity index (χ0v) is 9.16. The summed E-state index contributed by atoms with van der Waals surface area (Å²) in [4.78, 5) is 0. The van der Waals surface area contributed by atoms with Crippen molar-refractivity contribution in [2.45, 2.75) is 12.8 Å². The molecule has 1 N–H and O–H groups in total. The third-order valence-corrected chi connectivity index (χ3v) is 1.92. The molecule has 0 unspecified atom stereocenters. The molecule has 1 aromatic carbocycles. The van der Waals surface area contributed by atoms with E-state index < -0.39 is 0 Å². The molecule has 0 aliphatic carbocycles. The summed E-state index contributed by atoms with van der Waals surface area (Å²) in [6, 6.07) is 7.76. The van der Waals surface area contributed by atoms with E-state index in [-0.39, 0.29) is 6.61 Å².